The lowest BCUT2D eigenvalue weighted by Gasteiger charge is -2.05. The molecule has 6 heteroatoms. The number of aliphatic imine (C=N–C) groups is 1. The average molecular weight is 258 g/mol. The Labute approximate surface area is 110 Å². The first-order valence-electron chi connectivity index (χ1n) is 5.70. The summed E-state index contributed by atoms with van der Waals surface area (Å²) in [5.41, 5.74) is 6.28. The van der Waals surface area contributed by atoms with E-state index in [0.29, 0.717) is 11.4 Å². The molecule has 0 fully saturated rings. The van der Waals surface area contributed by atoms with Gasteiger partial charge in [-0.05, 0) is 24.3 Å². The van der Waals surface area contributed by atoms with Crippen LogP contribution in [0.5, 0.6) is 0 Å². The van der Waals surface area contributed by atoms with Gasteiger partial charge in [-0.15, -0.1) is 0 Å². The molecule has 0 saturated heterocycles. The van der Waals surface area contributed by atoms with Crippen LogP contribution in [0.2, 0.25) is 0 Å². The smallest absolute Gasteiger partial charge is 0.321 e. The van der Waals surface area contributed by atoms with Gasteiger partial charge >= 0.3 is 6.03 Å². The van der Waals surface area contributed by atoms with Crippen molar-refractivity contribution >= 4 is 17.7 Å². The number of benzene rings is 1. The second-order valence-electron chi connectivity index (χ2n) is 3.72. The minimum atomic E-state index is -0.436. The van der Waals surface area contributed by atoms with E-state index in [1.165, 1.54) is 0 Å². The molecule has 0 radical (unpaired) electrons. The second-order valence-corrected chi connectivity index (χ2v) is 3.72. The van der Waals surface area contributed by atoms with E-state index < -0.39 is 6.03 Å². The second kappa shape index (κ2) is 6.25. The third-order valence-corrected chi connectivity index (χ3v) is 2.25. The maximum absolute atomic E-state index is 11.5. The molecule has 0 aliphatic carbocycles. The number of furan rings is 1. The normalized spacial score (nSPS) is 11.1. The lowest BCUT2D eigenvalue weighted by molar-refractivity contribution is 0.244. The van der Waals surface area contributed by atoms with Crippen LogP contribution in [0, 0.1) is 0 Å². The molecular formula is C13H14N4O2. The molecule has 0 aliphatic heterocycles. The number of amides is 2. The number of carbonyl (C=O) groups is 1. The number of carbonyl (C=O) groups excluding carboxylic acids is 1. The highest BCUT2D eigenvalue weighted by molar-refractivity contribution is 5.96. The fourth-order valence-electron chi connectivity index (χ4n) is 1.41. The van der Waals surface area contributed by atoms with Crippen LogP contribution in [0.1, 0.15) is 5.76 Å². The number of rotatable bonds is 3. The summed E-state index contributed by atoms with van der Waals surface area (Å²) < 4.78 is 5.08. The summed E-state index contributed by atoms with van der Waals surface area (Å²) >= 11 is 0. The van der Waals surface area contributed by atoms with Crippen molar-refractivity contribution in [3.63, 3.8) is 0 Å². The van der Waals surface area contributed by atoms with Crippen LogP contribution in [0.25, 0.3) is 0 Å². The van der Waals surface area contributed by atoms with Gasteiger partial charge in [-0.1, -0.05) is 18.2 Å². The zero-order valence-corrected chi connectivity index (χ0v) is 10.2. The number of para-hydroxylation sites is 1. The molecule has 0 bridgehead atoms. The predicted octanol–water partition coefficient (Wildman–Crippen LogP) is 1.73. The van der Waals surface area contributed by atoms with Crippen LogP contribution in [0.4, 0.5) is 10.5 Å². The van der Waals surface area contributed by atoms with Crippen molar-refractivity contribution in [1.29, 1.82) is 0 Å². The highest BCUT2D eigenvalue weighted by Crippen LogP contribution is 2.08. The van der Waals surface area contributed by atoms with E-state index in [-0.39, 0.29) is 12.5 Å². The summed E-state index contributed by atoms with van der Waals surface area (Å²) in [6, 6.07) is 12.2. The summed E-state index contributed by atoms with van der Waals surface area (Å²) in [5, 5.41) is 5.02. The van der Waals surface area contributed by atoms with Crippen LogP contribution in [0.3, 0.4) is 0 Å². The fraction of sp³-hybridized carbons (Fsp3) is 0.0769. The standard InChI is InChI=1S/C13H14N4O2/c14-12(16-10-5-2-1-3-6-10)17-13(18)15-9-11-7-4-8-19-11/h1-8H,9H2,(H4,14,15,16,17,18). The maximum atomic E-state index is 11.5. The van der Waals surface area contributed by atoms with Crippen molar-refractivity contribution in [3.05, 3.63) is 54.5 Å². The Kier molecular flexibility index (Phi) is 4.17. The molecule has 0 unspecified atom stereocenters. The number of nitrogens with two attached hydrogens (primary N) is 1. The molecule has 1 aromatic heterocycles. The quantitative estimate of drug-likeness (QED) is 0.578. The highest BCUT2D eigenvalue weighted by Gasteiger charge is 2.03. The van der Waals surface area contributed by atoms with Crippen LogP contribution < -0.4 is 16.4 Å². The monoisotopic (exact) mass is 258 g/mol. The first-order chi connectivity index (χ1) is 9.24. The van der Waals surface area contributed by atoms with Gasteiger partial charge in [0, 0.05) is 0 Å². The van der Waals surface area contributed by atoms with Gasteiger partial charge in [0.25, 0.3) is 0 Å². The number of guanidine groups is 1. The van der Waals surface area contributed by atoms with Crippen molar-refractivity contribution in [2.75, 3.05) is 0 Å². The number of hydrogen-bond donors (Lipinski definition) is 3. The summed E-state index contributed by atoms with van der Waals surface area (Å²) in [4.78, 5) is 15.6. The van der Waals surface area contributed by atoms with E-state index in [4.69, 9.17) is 10.2 Å². The van der Waals surface area contributed by atoms with Crippen molar-refractivity contribution in [2.45, 2.75) is 6.54 Å². The maximum Gasteiger partial charge on any atom is 0.321 e. The zero-order chi connectivity index (χ0) is 13.5. The Morgan fingerprint density at radius 1 is 1.21 bits per heavy atom. The van der Waals surface area contributed by atoms with Gasteiger partial charge in [0.05, 0.1) is 18.5 Å². The van der Waals surface area contributed by atoms with Gasteiger partial charge in [0.2, 0.25) is 5.96 Å². The van der Waals surface area contributed by atoms with E-state index in [1.54, 1.807) is 30.5 Å². The predicted molar refractivity (Wildman–Crippen MR) is 71.8 cm³/mol. The number of nitrogens with one attached hydrogen (secondary N) is 2. The first-order valence-corrected chi connectivity index (χ1v) is 5.70. The fourth-order valence-corrected chi connectivity index (χ4v) is 1.41. The van der Waals surface area contributed by atoms with Gasteiger partial charge in [0.15, 0.2) is 0 Å². The first kappa shape index (κ1) is 12.7. The Bertz CT molecular complexity index is 549. The lowest BCUT2D eigenvalue weighted by atomic mass is 10.3. The third-order valence-electron chi connectivity index (χ3n) is 2.25. The molecule has 1 aromatic carbocycles. The summed E-state index contributed by atoms with van der Waals surface area (Å²) in [6.07, 6.45) is 1.54. The molecule has 2 aromatic rings. The molecule has 0 aliphatic rings. The number of hydrogen-bond acceptors (Lipinski definition) is 3. The zero-order valence-electron chi connectivity index (χ0n) is 10.2. The minimum absolute atomic E-state index is 0.0307. The molecule has 1 heterocycles. The minimum Gasteiger partial charge on any atom is -0.467 e. The largest absolute Gasteiger partial charge is 0.467 e. The van der Waals surface area contributed by atoms with E-state index >= 15 is 0 Å². The van der Waals surface area contributed by atoms with E-state index in [2.05, 4.69) is 15.6 Å². The van der Waals surface area contributed by atoms with E-state index in [9.17, 15) is 4.79 Å². The van der Waals surface area contributed by atoms with E-state index in [1.807, 2.05) is 18.2 Å². The van der Waals surface area contributed by atoms with Crippen molar-refractivity contribution in [1.82, 2.24) is 10.6 Å². The molecule has 98 valence electrons. The molecule has 4 N–H and O–H groups in total. The molecule has 2 amide bonds. The molecule has 0 saturated carbocycles. The van der Waals surface area contributed by atoms with Gasteiger partial charge in [-0.25, -0.2) is 9.79 Å². The molecule has 0 atom stereocenters. The number of urea groups is 1. The van der Waals surface area contributed by atoms with Gasteiger partial charge in [-0.3, -0.25) is 5.32 Å². The highest BCUT2D eigenvalue weighted by atomic mass is 16.3. The summed E-state index contributed by atoms with van der Waals surface area (Å²) in [7, 11) is 0. The van der Waals surface area contributed by atoms with Crippen LogP contribution in [-0.2, 0) is 6.54 Å². The van der Waals surface area contributed by atoms with Gasteiger partial charge < -0.3 is 15.5 Å². The van der Waals surface area contributed by atoms with Crippen molar-refractivity contribution < 1.29 is 9.21 Å². The van der Waals surface area contributed by atoms with Crippen LogP contribution in [0.15, 0.2) is 58.1 Å². The van der Waals surface area contributed by atoms with Crippen LogP contribution >= 0.6 is 0 Å². The Morgan fingerprint density at radius 2 is 2.00 bits per heavy atom. The molecular weight excluding hydrogens is 244 g/mol. The lowest BCUT2D eigenvalue weighted by Crippen LogP contribution is -2.42. The van der Waals surface area contributed by atoms with Crippen LogP contribution in [-0.4, -0.2) is 12.0 Å². The van der Waals surface area contributed by atoms with Gasteiger partial charge in [0.1, 0.15) is 5.76 Å². The average Bonchev–Trinajstić information content (AvgIpc) is 2.90. The molecule has 0 spiro atoms. The molecule has 6 nitrogen and oxygen atoms in total. The third kappa shape index (κ3) is 4.19. The Hall–Kier alpha value is -2.76. The van der Waals surface area contributed by atoms with E-state index in [0.717, 1.165) is 0 Å². The SMILES string of the molecule is NC(=Nc1ccccc1)NC(=O)NCc1ccco1. The van der Waals surface area contributed by atoms with Crippen molar-refractivity contribution in [2.24, 2.45) is 10.7 Å². The summed E-state index contributed by atoms with van der Waals surface area (Å²) in [5.74, 6) is 0.692. The topological polar surface area (TPSA) is 92.6 Å². The van der Waals surface area contributed by atoms with Gasteiger partial charge in [-0.2, -0.15) is 0 Å². The molecule has 2 rings (SSSR count). The Morgan fingerprint density at radius 3 is 2.68 bits per heavy atom. The number of nitrogens with zero attached hydrogens (tertiary/aromatic N) is 1. The summed E-state index contributed by atoms with van der Waals surface area (Å²) in [6.45, 7) is 0.289. The Balaban J connectivity index is 1.83. The molecule has 19 heavy (non-hydrogen) atoms. The van der Waals surface area contributed by atoms with Crippen molar-refractivity contribution in [3.8, 4) is 0 Å².